The monoisotopic (exact) mass is 424 g/mol. The Bertz CT molecular complexity index is 1050. The maximum atomic E-state index is 13.1. The standard InChI is InChI=1S/C17H17FN4O4S2/c1-22(28(24,25)15-6-3-7-26-15)10-14-11-27-17(20-14)21-16(23)19-9-12-4-2-5-13(18)8-12/h2-8,11H,9-10H2,1H3,(H2,19,20,21,23). The number of rotatable bonds is 7. The molecule has 0 bridgehead atoms. The molecule has 0 fully saturated rings. The number of nitrogens with one attached hydrogen (secondary N) is 2. The molecule has 2 aromatic heterocycles. The van der Waals surface area contributed by atoms with Crippen molar-refractivity contribution in [3.63, 3.8) is 0 Å². The highest BCUT2D eigenvalue weighted by Gasteiger charge is 2.24. The maximum Gasteiger partial charge on any atom is 0.321 e. The van der Waals surface area contributed by atoms with Crippen molar-refractivity contribution in [1.82, 2.24) is 14.6 Å². The first kappa shape index (κ1) is 20.0. The number of carbonyl (C=O) groups excluding carboxylic acids is 1. The van der Waals surface area contributed by atoms with E-state index in [9.17, 15) is 17.6 Å². The summed E-state index contributed by atoms with van der Waals surface area (Å²) >= 11 is 1.16. The first-order valence-electron chi connectivity index (χ1n) is 8.08. The second-order valence-corrected chi connectivity index (χ2v) is 8.61. The number of thiazole rings is 1. The van der Waals surface area contributed by atoms with Gasteiger partial charge in [-0.2, -0.15) is 4.31 Å². The number of amides is 2. The van der Waals surface area contributed by atoms with Crippen LogP contribution >= 0.6 is 11.3 Å². The molecular weight excluding hydrogens is 407 g/mol. The molecule has 0 aliphatic rings. The molecule has 0 saturated carbocycles. The predicted molar refractivity (Wildman–Crippen MR) is 102 cm³/mol. The summed E-state index contributed by atoms with van der Waals surface area (Å²) in [6, 6.07) is 8.27. The highest BCUT2D eigenvalue weighted by atomic mass is 32.2. The lowest BCUT2D eigenvalue weighted by atomic mass is 10.2. The zero-order valence-electron chi connectivity index (χ0n) is 14.8. The highest BCUT2D eigenvalue weighted by Crippen LogP contribution is 2.20. The first-order chi connectivity index (χ1) is 13.3. The maximum absolute atomic E-state index is 13.1. The quantitative estimate of drug-likeness (QED) is 0.607. The van der Waals surface area contributed by atoms with Crippen molar-refractivity contribution in [3.8, 4) is 0 Å². The molecule has 0 spiro atoms. The van der Waals surface area contributed by atoms with Gasteiger partial charge in [0.2, 0.25) is 5.09 Å². The van der Waals surface area contributed by atoms with Gasteiger partial charge in [0.1, 0.15) is 5.82 Å². The van der Waals surface area contributed by atoms with E-state index < -0.39 is 16.1 Å². The molecule has 3 aromatic rings. The molecule has 148 valence electrons. The number of halogens is 1. The van der Waals surface area contributed by atoms with Gasteiger partial charge in [-0.1, -0.05) is 12.1 Å². The number of benzene rings is 1. The van der Waals surface area contributed by atoms with E-state index >= 15 is 0 Å². The molecule has 2 N–H and O–H groups in total. The third kappa shape index (κ3) is 4.94. The van der Waals surface area contributed by atoms with E-state index in [4.69, 9.17) is 4.42 Å². The number of nitrogens with zero attached hydrogens (tertiary/aromatic N) is 2. The molecule has 0 radical (unpaired) electrons. The van der Waals surface area contributed by atoms with E-state index in [1.807, 2.05) is 0 Å². The number of aromatic nitrogens is 1. The van der Waals surface area contributed by atoms with Crippen LogP contribution in [0, 0.1) is 5.82 Å². The Morgan fingerprint density at radius 3 is 2.86 bits per heavy atom. The van der Waals surface area contributed by atoms with Crippen LogP contribution in [0.3, 0.4) is 0 Å². The van der Waals surface area contributed by atoms with Crippen LogP contribution in [-0.2, 0) is 23.1 Å². The van der Waals surface area contributed by atoms with Crippen LogP contribution in [-0.4, -0.2) is 30.8 Å². The van der Waals surface area contributed by atoms with Gasteiger partial charge in [0, 0.05) is 19.0 Å². The molecule has 1 aromatic carbocycles. The summed E-state index contributed by atoms with van der Waals surface area (Å²) in [5.74, 6) is -0.377. The molecule has 0 unspecified atom stereocenters. The molecule has 28 heavy (non-hydrogen) atoms. The van der Waals surface area contributed by atoms with Gasteiger partial charge in [-0.15, -0.1) is 11.3 Å². The Morgan fingerprint density at radius 2 is 2.14 bits per heavy atom. The number of hydrogen-bond donors (Lipinski definition) is 2. The van der Waals surface area contributed by atoms with E-state index in [-0.39, 0.29) is 24.0 Å². The van der Waals surface area contributed by atoms with Crippen molar-refractivity contribution in [2.24, 2.45) is 0 Å². The fourth-order valence-corrected chi connectivity index (χ4v) is 4.02. The molecule has 2 heterocycles. The van der Waals surface area contributed by atoms with Crippen molar-refractivity contribution in [3.05, 3.63) is 65.1 Å². The third-order valence-corrected chi connectivity index (χ3v) is 6.16. The second-order valence-electron chi connectivity index (χ2n) is 5.77. The van der Waals surface area contributed by atoms with Crippen molar-refractivity contribution >= 4 is 32.5 Å². The number of urea groups is 1. The van der Waals surface area contributed by atoms with Crippen LogP contribution in [0.2, 0.25) is 0 Å². The van der Waals surface area contributed by atoms with Gasteiger partial charge in [-0.25, -0.2) is 22.6 Å². The largest absolute Gasteiger partial charge is 0.452 e. The lowest BCUT2D eigenvalue weighted by Crippen LogP contribution is -2.28. The average Bonchev–Trinajstić information content (AvgIpc) is 3.32. The summed E-state index contributed by atoms with van der Waals surface area (Å²) in [5, 5.41) is 6.97. The number of anilines is 1. The van der Waals surface area contributed by atoms with Gasteiger partial charge < -0.3 is 9.73 Å². The Labute approximate surface area is 165 Å². The summed E-state index contributed by atoms with van der Waals surface area (Å²) in [6.45, 7) is 0.179. The highest BCUT2D eigenvalue weighted by molar-refractivity contribution is 7.88. The van der Waals surface area contributed by atoms with Gasteiger partial charge in [-0.3, -0.25) is 5.32 Å². The zero-order chi connectivity index (χ0) is 20.1. The lowest BCUT2D eigenvalue weighted by molar-refractivity contribution is 0.251. The summed E-state index contributed by atoms with van der Waals surface area (Å²) in [5.41, 5.74) is 1.10. The molecule has 8 nitrogen and oxygen atoms in total. The van der Waals surface area contributed by atoms with Crippen LogP contribution in [0.15, 0.2) is 57.6 Å². The van der Waals surface area contributed by atoms with Gasteiger partial charge in [0.05, 0.1) is 18.5 Å². The minimum atomic E-state index is -3.75. The molecule has 2 amide bonds. The van der Waals surface area contributed by atoms with Crippen LogP contribution in [0.4, 0.5) is 14.3 Å². The molecule has 0 saturated heterocycles. The van der Waals surface area contributed by atoms with E-state index in [0.717, 1.165) is 15.6 Å². The second kappa shape index (κ2) is 8.50. The predicted octanol–water partition coefficient (Wildman–Crippen LogP) is 3.02. The van der Waals surface area contributed by atoms with Gasteiger partial charge in [0.15, 0.2) is 5.13 Å². The normalized spacial score (nSPS) is 11.5. The molecule has 0 aliphatic carbocycles. The lowest BCUT2D eigenvalue weighted by Gasteiger charge is -2.13. The summed E-state index contributed by atoms with van der Waals surface area (Å²) in [4.78, 5) is 16.2. The molecule has 0 aliphatic heterocycles. The summed E-state index contributed by atoms with van der Waals surface area (Å²) < 4.78 is 43.8. The average molecular weight is 424 g/mol. The minimum absolute atomic E-state index is 0.0200. The van der Waals surface area contributed by atoms with Crippen molar-refractivity contribution in [1.29, 1.82) is 0 Å². The van der Waals surface area contributed by atoms with E-state index in [2.05, 4.69) is 15.6 Å². The fourth-order valence-electron chi connectivity index (χ4n) is 2.28. The smallest absolute Gasteiger partial charge is 0.321 e. The number of furan rings is 1. The number of sulfonamides is 1. The SMILES string of the molecule is CN(Cc1csc(NC(=O)NCc2cccc(F)c2)n1)S(=O)(=O)c1ccco1. The van der Waals surface area contributed by atoms with Gasteiger partial charge >= 0.3 is 6.03 Å². The third-order valence-electron chi connectivity index (χ3n) is 3.66. The van der Waals surface area contributed by atoms with Crippen LogP contribution in [0.25, 0.3) is 0 Å². The number of carbonyl (C=O) groups is 1. The van der Waals surface area contributed by atoms with Gasteiger partial charge in [0.25, 0.3) is 10.0 Å². The fraction of sp³-hybridized carbons (Fsp3) is 0.176. The van der Waals surface area contributed by atoms with Crippen molar-refractivity contribution in [2.45, 2.75) is 18.2 Å². The Hall–Kier alpha value is -2.76. The Kier molecular flexibility index (Phi) is 6.07. The van der Waals surface area contributed by atoms with E-state index in [1.165, 1.54) is 37.6 Å². The van der Waals surface area contributed by atoms with Crippen LogP contribution in [0.5, 0.6) is 0 Å². The first-order valence-corrected chi connectivity index (χ1v) is 10.4. The molecule has 0 atom stereocenters. The Morgan fingerprint density at radius 1 is 1.32 bits per heavy atom. The van der Waals surface area contributed by atoms with Crippen LogP contribution < -0.4 is 10.6 Å². The molecule has 11 heteroatoms. The molecular formula is C17H17FN4O4S2. The number of hydrogen-bond acceptors (Lipinski definition) is 6. The Balaban J connectivity index is 1.54. The summed E-state index contributed by atoms with van der Waals surface area (Å²) in [6.07, 6.45) is 1.29. The van der Waals surface area contributed by atoms with Crippen molar-refractivity contribution < 1.29 is 22.0 Å². The molecule has 3 rings (SSSR count). The van der Waals surface area contributed by atoms with E-state index in [1.54, 1.807) is 17.5 Å². The summed E-state index contributed by atoms with van der Waals surface area (Å²) in [7, 11) is -2.34. The van der Waals surface area contributed by atoms with Crippen LogP contribution in [0.1, 0.15) is 11.3 Å². The zero-order valence-corrected chi connectivity index (χ0v) is 16.4. The van der Waals surface area contributed by atoms with Crippen molar-refractivity contribution in [2.75, 3.05) is 12.4 Å². The van der Waals surface area contributed by atoms with Gasteiger partial charge in [-0.05, 0) is 29.8 Å². The topological polar surface area (TPSA) is 105 Å². The minimum Gasteiger partial charge on any atom is -0.452 e. The van der Waals surface area contributed by atoms with E-state index in [0.29, 0.717) is 16.4 Å².